The molecule has 2 aromatic heterocycles. The average Bonchev–Trinajstić information content (AvgIpc) is 3.11. The van der Waals surface area contributed by atoms with E-state index >= 15 is 0 Å². The van der Waals surface area contributed by atoms with Crippen LogP contribution in [0, 0.1) is 22.7 Å². The van der Waals surface area contributed by atoms with Crippen molar-refractivity contribution in [3.63, 3.8) is 0 Å². The van der Waals surface area contributed by atoms with E-state index in [1.165, 1.54) is 10.4 Å². The van der Waals surface area contributed by atoms with Crippen LogP contribution in [0.2, 0.25) is 0 Å². The number of rotatable bonds is 3. The summed E-state index contributed by atoms with van der Waals surface area (Å²) in [4.78, 5) is 7.82. The quantitative estimate of drug-likeness (QED) is 0.562. The van der Waals surface area contributed by atoms with E-state index in [2.05, 4.69) is 47.8 Å². The Labute approximate surface area is 167 Å². The second kappa shape index (κ2) is 7.21. The molecule has 0 fully saturated rings. The fraction of sp³-hybridized carbons (Fsp3) is 0.500. The molecule has 138 valence electrons. The molecule has 1 aliphatic rings. The normalized spacial score (nSPS) is 17.3. The average molecular weight is 434 g/mol. The van der Waals surface area contributed by atoms with Gasteiger partial charge in [-0.1, -0.05) is 20.8 Å². The van der Waals surface area contributed by atoms with Crippen LogP contribution in [0.15, 0.2) is 19.9 Å². The lowest BCUT2D eigenvalue weighted by atomic mass is 9.72. The molecule has 0 bridgehead atoms. The Balaban J connectivity index is 1.89. The molecule has 0 radical (unpaired) electrons. The van der Waals surface area contributed by atoms with Gasteiger partial charge in [0.05, 0.1) is 16.3 Å². The van der Waals surface area contributed by atoms with Crippen LogP contribution in [0.1, 0.15) is 49.0 Å². The van der Waals surface area contributed by atoms with Crippen molar-refractivity contribution in [2.24, 2.45) is 16.3 Å². The van der Waals surface area contributed by atoms with Crippen molar-refractivity contribution in [3.8, 4) is 6.07 Å². The van der Waals surface area contributed by atoms with Crippen molar-refractivity contribution < 1.29 is 4.42 Å². The van der Waals surface area contributed by atoms with Gasteiger partial charge in [0, 0.05) is 25.0 Å². The molecule has 0 amide bonds. The first kappa shape index (κ1) is 19.2. The molecule has 0 spiro atoms. The minimum atomic E-state index is 0.293. The first-order chi connectivity index (χ1) is 12.2. The number of fused-ring (bicyclic) bond motifs is 1. The Morgan fingerprint density at radius 2 is 2.15 bits per heavy atom. The van der Waals surface area contributed by atoms with Gasteiger partial charge in [-0.3, -0.25) is 0 Å². The summed E-state index contributed by atoms with van der Waals surface area (Å²) in [7, 11) is 3.86. The minimum absolute atomic E-state index is 0.293. The van der Waals surface area contributed by atoms with Crippen molar-refractivity contribution in [2.45, 2.75) is 40.0 Å². The zero-order valence-electron chi connectivity index (χ0n) is 15.9. The maximum Gasteiger partial charge on any atom is 0.210 e. The van der Waals surface area contributed by atoms with E-state index < -0.39 is 0 Å². The van der Waals surface area contributed by atoms with Crippen LogP contribution in [0.5, 0.6) is 0 Å². The minimum Gasteiger partial charge on any atom is -0.438 e. The zero-order chi connectivity index (χ0) is 19.1. The maximum atomic E-state index is 9.65. The van der Waals surface area contributed by atoms with Gasteiger partial charge in [0.2, 0.25) is 5.88 Å². The van der Waals surface area contributed by atoms with Crippen LogP contribution in [-0.4, -0.2) is 20.3 Å². The third-order valence-electron chi connectivity index (χ3n) is 4.99. The first-order valence-corrected chi connectivity index (χ1v) is 10.4. The van der Waals surface area contributed by atoms with Crippen LogP contribution in [-0.2, 0) is 12.8 Å². The van der Waals surface area contributed by atoms with Crippen LogP contribution < -0.4 is 4.90 Å². The third kappa shape index (κ3) is 3.74. The first-order valence-electron chi connectivity index (χ1n) is 8.76. The fourth-order valence-electron chi connectivity index (χ4n) is 3.38. The SMILES string of the molecule is CN(C)c1oc(C=Nc2sc3c(c2C#N)CC[C@@H](C(C)(C)C)C3)cc1Br. The second-order valence-electron chi connectivity index (χ2n) is 8.06. The molecule has 3 rings (SSSR count). The monoisotopic (exact) mass is 433 g/mol. The Morgan fingerprint density at radius 1 is 1.42 bits per heavy atom. The summed E-state index contributed by atoms with van der Waals surface area (Å²) in [5.41, 5.74) is 2.24. The molecule has 1 atom stereocenters. The molecule has 0 unspecified atom stereocenters. The fourth-order valence-corrected chi connectivity index (χ4v) is 5.27. The topological polar surface area (TPSA) is 52.5 Å². The maximum absolute atomic E-state index is 9.65. The summed E-state index contributed by atoms with van der Waals surface area (Å²) in [6.07, 6.45) is 4.87. The number of nitriles is 1. The Hall–Kier alpha value is -1.58. The van der Waals surface area contributed by atoms with E-state index in [9.17, 15) is 5.26 Å². The lowest BCUT2D eigenvalue weighted by Gasteiger charge is -2.33. The number of halogens is 1. The van der Waals surface area contributed by atoms with Gasteiger partial charge in [0.1, 0.15) is 16.8 Å². The smallest absolute Gasteiger partial charge is 0.210 e. The van der Waals surface area contributed by atoms with Gasteiger partial charge in [0.25, 0.3) is 0 Å². The van der Waals surface area contributed by atoms with Gasteiger partial charge in [-0.2, -0.15) is 5.26 Å². The third-order valence-corrected chi connectivity index (χ3v) is 6.72. The van der Waals surface area contributed by atoms with Crippen molar-refractivity contribution in [2.75, 3.05) is 19.0 Å². The Morgan fingerprint density at radius 3 is 2.73 bits per heavy atom. The zero-order valence-corrected chi connectivity index (χ0v) is 18.3. The molecule has 0 saturated heterocycles. The van der Waals surface area contributed by atoms with Crippen molar-refractivity contribution >= 4 is 44.4 Å². The number of aliphatic imine (C=N–C) groups is 1. The molecule has 26 heavy (non-hydrogen) atoms. The highest BCUT2D eigenvalue weighted by atomic mass is 79.9. The molecule has 2 aromatic rings. The second-order valence-corrected chi connectivity index (χ2v) is 9.99. The molecule has 0 aromatic carbocycles. The molecule has 1 aliphatic carbocycles. The van der Waals surface area contributed by atoms with E-state index in [0.29, 0.717) is 17.1 Å². The number of hydrogen-bond donors (Lipinski definition) is 0. The van der Waals surface area contributed by atoms with Crippen LogP contribution in [0.25, 0.3) is 0 Å². The molecule has 0 N–H and O–H groups in total. The number of anilines is 1. The molecule has 0 saturated carbocycles. The summed E-state index contributed by atoms with van der Waals surface area (Å²) in [5, 5.41) is 10.4. The van der Waals surface area contributed by atoms with Crippen LogP contribution >= 0.6 is 27.3 Å². The summed E-state index contributed by atoms with van der Waals surface area (Å²) < 4.78 is 6.68. The number of furan rings is 1. The summed E-state index contributed by atoms with van der Waals surface area (Å²) in [5.74, 6) is 2.08. The van der Waals surface area contributed by atoms with Gasteiger partial charge in [-0.15, -0.1) is 11.3 Å². The van der Waals surface area contributed by atoms with E-state index in [1.54, 1.807) is 17.6 Å². The molecular formula is C20H24BrN3OS. The van der Waals surface area contributed by atoms with Crippen LogP contribution in [0.3, 0.4) is 0 Å². The van der Waals surface area contributed by atoms with Gasteiger partial charge in [-0.25, -0.2) is 4.99 Å². The number of hydrogen-bond acceptors (Lipinski definition) is 5. The van der Waals surface area contributed by atoms with Crippen molar-refractivity contribution in [1.29, 1.82) is 5.26 Å². The Bertz CT molecular complexity index is 880. The van der Waals surface area contributed by atoms with Gasteiger partial charge in [-0.05, 0) is 52.1 Å². The highest BCUT2D eigenvalue weighted by Crippen LogP contribution is 2.44. The summed E-state index contributed by atoms with van der Waals surface area (Å²) in [6, 6.07) is 4.27. The van der Waals surface area contributed by atoms with E-state index in [0.717, 1.165) is 40.2 Å². The van der Waals surface area contributed by atoms with Gasteiger partial charge < -0.3 is 9.32 Å². The highest BCUT2D eigenvalue weighted by Gasteiger charge is 2.32. The summed E-state index contributed by atoms with van der Waals surface area (Å²) >= 11 is 5.16. The van der Waals surface area contributed by atoms with E-state index in [1.807, 2.05) is 25.1 Å². The molecule has 4 nitrogen and oxygen atoms in total. The number of nitrogens with zero attached hydrogens (tertiary/aromatic N) is 3. The standard InChI is InChI=1S/C20H24BrN3OS/c1-20(2,3)12-6-7-14-15(10-22)18(26-17(14)8-12)23-11-13-9-16(21)19(25-13)24(4)5/h9,11-12H,6-8H2,1-5H3/t12-/m1/s1. The predicted molar refractivity (Wildman–Crippen MR) is 112 cm³/mol. The van der Waals surface area contributed by atoms with Crippen LogP contribution in [0.4, 0.5) is 10.9 Å². The van der Waals surface area contributed by atoms with Gasteiger partial charge >= 0.3 is 0 Å². The van der Waals surface area contributed by atoms with E-state index in [-0.39, 0.29) is 0 Å². The van der Waals surface area contributed by atoms with E-state index in [4.69, 9.17) is 4.42 Å². The highest BCUT2D eigenvalue weighted by molar-refractivity contribution is 9.10. The largest absolute Gasteiger partial charge is 0.438 e. The molecular weight excluding hydrogens is 410 g/mol. The lowest BCUT2D eigenvalue weighted by molar-refractivity contribution is 0.218. The van der Waals surface area contributed by atoms with Crippen molar-refractivity contribution in [1.82, 2.24) is 0 Å². The van der Waals surface area contributed by atoms with Crippen molar-refractivity contribution in [3.05, 3.63) is 32.3 Å². The lowest BCUT2D eigenvalue weighted by Crippen LogP contribution is -2.26. The molecule has 0 aliphatic heterocycles. The Kier molecular flexibility index (Phi) is 5.32. The van der Waals surface area contributed by atoms with Gasteiger partial charge in [0.15, 0.2) is 0 Å². The number of thiophene rings is 1. The molecule has 6 heteroatoms. The molecule has 2 heterocycles. The summed E-state index contributed by atoms with van der Waals surface area (Å²) in [6.45, 7) is 6.91. The predicted octanol–water partition coefficient (Wildman–Crippen LogP) is 5.94.